The van der Waals surface area contributed by atoms with Crippen LogP contribution in [0.2, 0.25) is 19.6 Å². The first-order valence-electron chi connectivity index (χ1n) is 20.2. The van der Waals surface area contributed by atoms with E-state index in [1.807, 2.05) is 29.7 Å². The number of thiophene rings is 1. The maximum Gasteiger partial charge on any atom is 0.0798 e. The van der Waals surface area contributed by atoms with Gasteiger partial charge in [-0.2, -0.15) is 11.3 Å². The summed E-state index contributed by atoms with van der Waals surface area (Å²) in [7, 11) is -1.36. The predicted octanol–water partition coefficient (Wildman–Crippen LogP) is 13.9. The third kappa shape index (κ3) is 9.45. The first-order valence-corrected chi connectivity index (χ1v) is 24.5. The van der Waals surface area contributed by atoms with Gasteiger partial charge in [-0.1, -0.05) is 155 Å². The van der Waals surface area contributed by atoms with Gasteiger partial charge in [0.05, 0.1) is 8.07 Å². The number of benzene rings is 5. The fraction of sp³-hybridized carbons (Fsp3) is 0.231. The van der Waals surface area contributed by atoms with Crippen LogP contribution in [0.15, 0.2) is 146 Å². The van der Waals surface area contributed by atoms with Gasteiger partial charge in [0.2, 0.25) is 0 Å². The van der Waals surface area contributed by atoms with E-state index in [9.17, 15) is 0 Å². The van der Waals surface area contributed by atoms with Crippen molar-refractivity contribution >= 4 is 44.8 Å². The molecule has 0 N–H and O–H groups in total. The molecule has 5 aromatic carbocycles. The van der Waals surface area contributed by atoms with Crippen molar-refractivity contribution in [3.63, 3.8) is 0 Å². The van der Waals surface area contributed by atoms with Crippen molar-refractivity contribution in [2.45, 2.75) is 71.0 Å². The summed E-state index contributed by atoms with van der Waals surface area (Å²) in [6, 6.07) is 53.9. The fourth-order valence-corrected chi connectivity index (χ4v) is 11.1. The molecule has 8 aromatic rings. The molecular formula is C52H50IrN2SSi-2. The SMILES string of the molecule is CC(c1ccccc1)c1ccnc(-c2[c-]cc3c(c2)sc2cccc(-c4ccccc4)c23)c1.C[Si](C)(C)c1cnc(-c2[c-]cccc2)cc1CC1CCCCC1.[Ir]. The van der Waals surface area contributed by atoms with Crippen molar-refractivity contribution in [1.82, 2.24) is 9.97 Å². The molecule has 0 saturated heterocycles. The molecule has 289 valence electrons. The maximum atomic E-state index is 4.77. The molecule has 57 heavy (non-hydrogen) atoms. The van der Waals surface area contributed by atoms with E-state index < -0.39 is 8.07 Å². The Balaban J connectivity index is 0.000000183. The van der Waals surface area contributed by atoms with Crippen LogP contribution in [0.5, 0.6) is 0 Å². The Hall–Kier alpha value is -4.51. The van der Waals surface area contributed by atoms with Gasteiger partial charge in [0.25, 0.3) is 0 Å². The minimum absolute atomic E-state index is 0. The summed E-state index contributed by atoms with van der Waals surface area (Å²) in [5.74, 6) is 1.18. The Morgan fingerprint density at radius 1 is 0.702 bits per heavy atom. The van der Waals surface area contributed by atoms with Crippen LogP contribution in [0.1, 0.15) is 61.6 Å². The van der Waals surface area contributed by atoms with Crippen LogP contribution < -0.4 is 5.19 Å². The molecule has 1 saturated carbocycles. The minimum Gasteiger partial charge on any atom is -0.305 e. The molecule has 0 spiro atoms. The van der Waals surface area contributed by atoms with Gasteiger partial charge in [0.1, 0.15) is 0 Å². The second-order valence-corrected chi connectivity index (χ2v) is 22.5. The first-order chi connectivity index (χ1) is 27.3. The molecular weight excluding hydrogens is 905 g/mol. The van der Waals surface area contributed by atoms with Crippen molar-refractivity contribution < 1.29 is 20.1 Å². The Labute approximate surface area is 357 Å². The minimum atomic E-state index is -1.36. The second kappa shape index (κ2) is 18.4. The first kappa shape index (κ1) is 40.7. The molecule has 3 aromatic heterocycles. The van der Waals surface area contributed by atoms with E-state index in [0.29, 0.717) is 5.92 Å². The van der Waals surface area contributed by atoms with E-state index in [1.54, 1.807) is 10.8 Å². The van der Waals surface area contributed by atoms with Gasteiger partial charge in [0.15, 0.2) is 0 Å². The zero-order chi connectivity index (χ0) is 38.5. The largest absolute Gasteiger partial charge is 0.305 e. The number of fused-ring (bicyclic) bond motifs is 3. The molecule has 2 nitrogen and oxygen atoms in total. The molecule has 1 atom stereocenters. The van der Waals surface area contributed by atoms with Crippen molar-refractivity contribution in [2.24, 2.45) is 5.92 Å². The summed E-state index contributed by atoms with van der Waals surface area (Å²) in [6.45, 7) is 9.55. The van der Waals surface area contributed by atoms with Crippen molar-refractivity contribution in [3.05, 3.63) is 175 Å². The van der Waals surface area contributed by atoms with Gasteiger partial charge >= 0.3 is 0 Å². The Morgan fingerprint density at radius 2 is 1.44 bits per heavy atom. The van der Waals surface area contributed by atoms with E-state index in [1.165, 1.54) is 81.0 Å². The summed E-state index contributed by atoms with van der Waals surface area (Å²) in [5.41, 5.74) is 10.9. The van der Waals surface area contributed by atoms with E-state index in [4.69, 9.17) is 4.98 Å². The Morgan fingerprint density at radius 3 is 2.18 bits per heavy atom. The van der Waals surface area contributed by atoms with Crippen LogP contribution in [-0.4, -0.2) is 18.0 Å². The molecule has 1 aliphatic rings. The van der Waals surface area contributed by atoms with Crippen LogP contribution in [0.25, 0.3) is 53.8 Å². The quantitative estimate of drug-likeness (QED) is 0.112. The van der Waals surface area contributed by atoms with Crippen LogP contribution in [-0.2, 0) is 26.5 Å². The van der Waals surface area contributed by atoms with Crippen molar-refractivity contribution in [3.8, 4) is 33.6 Å². The van der Waals surface area contributed by atoms with Gasteiger partial charge in [-0.15, -0.1) is 59.7 Å². The number of nitrogens with zero attached hydrogens (tertiary/aromatic N) is 2. The molecule has 5 heteroatoms. The zero-order valence-corrected chi connectivity index (χ0v) is 37.6. The van der Waals surface area contributed by atoms with Crippen LogP contribution in [0.4, 0.5) is 0 Å². The summed E-state index contributed by atoms with van der Waals surface area (Å²) in [6.07, 6.45) is 12.4. The average molecular weight is 955 g/mol. The molecule has 1 unspecified atom stereocenters. The molecule has 0 bridgehead atoms. The van der Waals surface area contributed by atoms with Crippen LogP contribution >= 0.6 is 11.3 Å². The van der Waals surface area contributed by atoms with Gasteiger partial charge in [-0.3, -0.25) is 0 Å². The average Bonchev–Trinajstić information content (AvgIpc) is 3.63. The molecule has 1 aliphatic carbocycles. The van der Waals surface area contributed by atoms with E-state index >= 15 is 0 Å². The van der Waals surface area contributed by atoms with E-state index in [2.05, 4.69) is 171 Å². The van der Waals surface area contributed by atoms with Crippen LogP contribution in [0, 0.1) is 18.1 Å². The maximum absolute atomic E-state index is 4.77. The Kier molecular flexibility index (Phi) is 13.1. The summed E-state index contributed by atoms with van der Waals surface area (Å²) in [5, 5.41) is 4.11. The van der Waals surface area contributed by atoms with Gasteiger partial charge in [-0.25, -0.2) is 0 Å². The van der Waals surface area contributed by atoms with Crippen molar-refractivity contribution in [1.29, 1.82) is 0 Å². The van der Waals surface area contributed by atoms with E-state index in [0.717, 1.165) is 28.4 Å². The van der Waals surface area contributed by atoms with Crippen molar-refractivity contribution in [2.75, 3.05) is 0 Å². The molecule has 1 fully saturated rings. The van der Waals surface area contributed by atoms with Gasteiger partial charge < -0.3 is 9.97 Å². The Bertz CT molecular complexity index is 2540. The fourth-order valence-electron chi connectivity index (χ4n) is 8.31. The second-order valence-electron chi connectivity index (χ2n) is 16.3. The van der Waals surface area contributed by atoms with Gasteiger partial charge in [-0.05, 0) is 73.4 Å². The monoisotopic (exact) mass is 955 g/mol. The standard InChI is InChI=1S/C31H22NS.C21H28NSi.Ir/c1-21(22-9-4-2-5-10-22)24-17-18-32-28(19-24)25-15-16-27-30(20-25)33-29-14-8-13-26(31(27)29)23-11-6-3-7-12-23;1-23(2,3)21-16-22-20(18-12-8-5-9-13-18)15-19(21)14-17-10-6-4-7-11-17;/h2-14,16-21H,1H3;5,8-9,12,15-17H,4,6-7,10-11,14H2,1-3H3;/q2*-1;. The normalized spacial score (nSPS) is 13.8. The molecule has 9 rings (SSSR count). The van der Waals surface area contributed by atoms with Crippen LogP contribution in [0.3, 0.4) is 0 Å². The third-order valence-electron chi connectivity index (χ3n) is 11.4. The molecule has 0 amide bonds. The zero-order valence-electron chi connectivity index (χ0n) is 33.4. The number of hydrogen-bond donors (Lipinski definition) is 0. The summed E-state index contributed by atoms with van der Waals surface area (Å²) >= 11 is 1.84. The number of pyridine rings is 2. The van der Waals surface area contributed by atoms with E-state index in [-0.39, 0.29) is 20.1 Å². The number of aromatic nitrogens is 2. The topological polar surface area (TPSA) is 25.8 Å². The number of rotatable bonds is 8. The molecule has 3 heterocycles. The summed E-state index contributed by atoms with van der Waals surface area (Å²) < 4.78 is 2.57. The molecule has 1 radical (unpaired) electrons. The van der Waals surface area contributed by atoms with Gasteiger partial charge in [0, 0.05) is 43.1 Å². The third-order valence-corrected chi connectivity index (χ3v) is 14.6. The molecule has 0 aliphatic heterocycles. The summed E-state index contributed by atoms with van der Waals surface area (Å²) in [4.78, 5) is 9.46. The smallest absolute Gasteiger partial charge is 0.0798 e. The predicted molar refractivity (Wildman–Crippen MR) is 243 cm³/mol. The number of hydrogen-bond acceptors (Lipinski definition) is 3.